The van der Waals surface area contributed by atoms with E-state index in [2.05, 4.69) is 0 Å². The molecule has 7 heteroatoms. The summed E-state index contributed by atoms with van der Waals surface area (Å²) in [6.45, 7) is 3.65. The van der Waals surface area contributed by atoms with Gasteiger partial charge in [0.05, 0.1) is 0 Å². The lowest BCUT2D eigenvalue weighted by atomic mass is 9.85. The van der Waals surface area contributed by atoms with Gasteiger partial charge in [-0.2, -0.15) is 4.31 Å². The topological polar surface area (TPSA) is 74.7 Å². The van der Waals surface area contributed by atoms with E-state index in [0.717, 1.165) is 30.6 Å². The predicted octanol–water partition coefficient (Wildman–Crippen LogP) is 2.77. The molecule has 0 bridgehead atoms. The number of carboxylic acids is 1. The monoisotopic (exact) mass is 343 g/mol. The molecule has 2 fully saturated rings. The third kappa shape index (κ3) is 2.49. The minimum Gasteiger partial charge on any atom is -0.480 e. The summed E-state index contributed by atoms with van der Waals surface area (Å²) in [5, 5.41) is 9.51. The molecule has 3 atom stereocenters. The minimum atomic E-state index is -3.74. The van der Waals surface area contributed by atoms with Crippen molar-refractivity contribution in [3.8, 4) is 0 Å². The summed E-state index contributed by atoms with van der Waals surface area (Å²) in [5.41, 5.74) is 0.714. The first-order valence-electron chi connectivity index (χ1n) is 7.65. The van der Waals surface area contributed by atoms with Crippen molar-refractivity contribution >= 4 is 27.3 Å². The van der Waals surface area contributed by atoms with Gasteiger partial charge in [-0.25, -0.2) is 8.42 Å². The summed E-state index contributed by atoms with van der Waals surface area (Å²) in [5.74, 6) is -0.838. The summed E-state index contributed by atoms with van der Waals surface area (Å²) in [6, 6.07) is 0.781. The van der Waals surface area contributed by atoms with Crippen molar-refractivity contribution in [2.24, 2.45) is 5.92 Å². The molecule has 1 N–H and O–H groups in total. The molecule has 0 radical (unpaired) electrons. The van der Waals surface area contributed by atoms with Crippen molar-refractivity contribution in [1.82, 2.24) is 4.31 Å². The maximum atomic E-state index is 13.1. The molecule has 122 valence electrons. The van der Waals surface area contributed by atoms with Crippen LogP contribution >= 0.6 is 11.3 Å². The Hall–Kier alpha value is -0.920. The summed E-state index contributed by atoms with van der Waals surface area (Å²) < 4.78 is 27.8. The number of hydrogen-bond donors (Lipinski definition) is 1. The summed E-state index contributed by atoms with van der Waals surface area (Å²) in [4.78, 5) is 12.6. The number of carboxylic acid groups (broad SMARTS) is 1. The second-order valence-corrected chi connectivity index (χ2v) is 9.66. The van der Waals surface area contributed by atoms with E-state index in [9.17, 15) is 18.3 Å². The molecular formula is C15H21NO4S2. The second-order valence-electron chi connectivity index (χ2n) is 6.36. The largest absolute Gasteiger partial charge is 0.480 e. The predicted molar refractivity (Wildman–Crippen MR) is 84.6 cm³/mol. The van der Waals surface area contributed by atoms with Crippen LogP contribution in [0, 0.1) is 19.8 Å². The van der Waals surface area contributed by atoms with Crippen LogP contribution in [0.1, 0.15) is 42.5 Å². The lowest BCUT2D eigenvalue weighted by molar-refractivity contribution is -0.141. The highest BCUT2D eigenvalue weighted by Gasteiger charge is 2.51. The Bertz CT molecular complexity index is 694. The molecule has 0 spiro atoms. The molecule has 2 aliphatic rings. The van der Waals surface area contributed by atoms with Crippen molar-refractivity contribution in [1.29, 1.82) is 0 Å². The van der Waals surface area contributed by atoms with Gasteiger partial charge in [0.1, 0.15) is 10.3 Å². The first-order valence-corrected chi connectivity index (χ1v) is 9.91. The molecule has 1 saturated carbocycles. The maximum Gasteiger partial charge on any atom is 0.322 e. The molecular weight excluding hydrogens is 322 g/mol. The number of carbonyl (C=O) groups is 1. The molecule has 1 aliphatic heterocycles. The number of aliphatic carboxylic acids is 1. The van der Waals surface area contributed by atoms with Crippen LogP contribution in [-0.2, 0) is 14.8 Å². The Morgan fingerprint density at radius 1 is 1.32 bits per heavy atom. The fourth-order valence-electron chi connectivity index (χ4n) is 3.95. The van der Waals surface area contributed by atoms with Crippen molar-refractivity contribution in [3.05, 3.63) is 16.5 Å². The van der Waals surface area contributed by atoms with E-state index in [-0.39, 0.29) is 12.0 Å². The van der Waals surface area contributed by atoms with E-state index >= 15 is 0 Å². The Balaban J connectivity index is 2.06. The van der Waals surface area contributed by atoms with Gasteiger partial charge in [-0.3, -0.25) is 4.79 Å². The number of hydrogen-bond acceptors (Lipinski definition) is 4. The third-order valence-corrected chi connectivity index (χ3v) is 8.52. The number of sulfonamides is 1. The van der Waals surface area contributed by atoms with Crippen LogP contribution in [0.2, 0.25) is 0 Å². The van der Waals surface area contributed by atoms with Crippen LogP contribution in [0.15, 0.2) is 10.3 Å². The maximum absolute atomic E-state index is 13.1. The average molecular weight is 343 g/mol. The van der Waals surface area contributed by atoms with Crippen LogP contribution in [0.3, 0.4) is 0 Å². The van der Waals surface area contributed by atoms with Gasteiger partial charge in [-0.15, -0.1) is 11.3 Å². The summed E-state index contributed by atoms with van der Waals surface area (Å²) >= 11 is 1.24. The molecule has 3 rings (SSSR count). The van der Waals surface area contributed by atoms with Gasteiger partial charge in [0.25, 0.3) is 10.0 Å². The van der Waals surface area contributed by atoms with Gasteiger partial charge in [0.15, 0.2) is 0 Å². The van der Waals surface area contributed by atoms with E-state index in [1.165, 1.54) is 15.6 Å². The standard InChI is InChI=1S/C15H21NO4S2/c1-9-7-10(2)21-15(9)22(19,20)16-12-6-4-3-5-11(12)8-13(16)14(17)18/h7,11-13H,3-6,8H2,1-2H3,(H,17,18). The number of thiophene rings is 1. The van der Waals surface area contributed by atoms with E-state index in [4.69, 9.17) is 0 Å². The third-order valence-electron chi connectivity index (χ3n) is 4.82. The zero-order chi connectivity index (χ0) is 16.1. The Morgan fingerprint density at radius 3 is 2.59 bits per heavy atom. The van der Waals surface area contributed by atoms with Crippen LogP contribution in [0.4, 0.5) is 0 Å². The molecule has 0 amide bonds. The lowest BCUT2D eigenvalue weighted by Crippen LogP contribution is -2.46. The molecule has 1 aromatic heterocycles. The Kier molecular flexibility index (Phi) is 4.07. The van der Waals surface area contributed by atoms with Gasteiger partial charge < -0.3 is 5.11 Å². The van der Waals surface area contributed by atoms with Crippen molar-refractivity contribution in [3.63, 3.8) is 0 Å². The highest BCUT2D eigenvalue weighted by atomic mass is 32.2. The summed E-state index contributed by atoms with van der Waals surface area (Å²) in [7, 11) is -3.74. The fourth-order valence-corrected chi connectivity index (χ4v) is 7.57. The Morgan fingerprint density at radius 2 is 2.00 bits per heavy atom. The molecule has 3 unspecified atom stereocenters. The van der Waals surface area contributed by atoms with E-state index < -0.39 is 22.0 Å². The lowest BCUT2D eigenvalue weighted by Gasteiger charge is -2.31. The average Bonchev–Trinajstić information content (AvgIpc) is 2.99. The smallest absolute Gasteiger partial charge is 0.322 e. The van der Waals surface area contributed by atoms with Gasteiger partial charge >= 0.3 is 5.97 Å². The van der Waals surface area contributed by atoms with Gasteiger partial charge in [0, 0.05) is 10.9 Å². The van der Waals surface area contributed by atoms with E-state index in [1.54, 1.807) is 6.92 Å². The molecule has 5 nitrogen and oxygen atoms in total. The molecule has 1 aromatic rings. The first-order chi connectivity index (χ1) is 10.3. The van der Waals surface area contributed by atoms with Gasteiger partial charge in [-0.1, -0.05) is 12.8 Å². The van der Waals surface area contributed by atoms with Crippen LogP contribution in [0.5, 0.6) is 0 Å². The SMILES string of the molecule is Cc1cc(C)c(S(=O)(=O)N2C(C(=O)O)CC3CCCCC32)s1. The first kappa shape index (κ1) is 16.0. The second kappa shape index (κ2) is 5.62. The molecule has 22 heavy (non-hydrogen) atoms. The zero-order valence-corrected chi connectivity index (χ0v) is 14.4. The number of rotatable bonds is 3. The fraction of sp³-hybridized carbons (Fsp3) is 0.667. The number of aryl methyl sites for hydroxylation is 2. The van der Waals surface area contributed by atoms with Crippen LogP contribution < -0.4 is 0 Å². The molecule has 2 heterocycles. The Labute approximate surface area is 135 Å². The highest BCUT2D eigenvalue weighted by Crippen LogP contribution is 2.44. The van der Waals surface area contributed by atoms with E-state index in [0.29, 0.717) is 16.2 Å². The molecule has 1 aliphatic carbocycles. The zero-order valence-electron chi connectivity index (χ0n) is 12.8. The number of fused-ring (bicyclic) bond motifs is 1. The molecule has 1 saturated heterocycles. The molecule has 0 aromatic carbocycles. The van der Waals surface area contributed by atoms with Crippen LogP contribution in [0.25, 0.3) is 0 Å². The summed E-state index contributed by atoms with van der Waals surface area (Å²) in [6.07, 6.45) is 4.20. The highest BCUT2D eigenvalue weighted by molar-refractivity contribution is 7.91. The van der Waals surface area contributed by atoms with Crippen molar-refractivity contribution in [2.45, 2.75) is 62.2 Å². The van der Waals surface area contributed by atoms with Crippen molar-refractivity contribution in [2.75, 3.05) is 0 Å². The van der Waals surface area contributed by atoms with Gasteiger partial charge in [-0.05, 0) is 50.7 Å². The van der Waals surface area contributed by atoms with E-state index in [1.807, 2.05) is 13.0 Å². The number of nitrogens with zero attached hydrogens (tertiary/aromatic N) is 1. The minimum absolute atomic E-state index is 0.151. The van der Waals surface area contributed by atoms with Gasteiger partial charge in [0.2, 0.25) is 0 Å². The van der Waals surface area contributed by atoms with Crippen LogP contribution in [-0.4, -0.2) is 35.9 Å². The quantitative estimate of drug-likeness (QED) is 0.916. The normalized spacial score (nSPS) is 29.5. The van der Waals surface area contributed by atoms with Crippen molar-refractivity contribution < 1.29 is 18.3 Å².